The third-order valence-electron chi connectivity index (χ3n) is 16.9. The molecule has 0 unspecified atom stereocenters. The van der Waals surface area contributed by atoms with Crippen molar-refractivity contribution in [2.75, 3.05) is 39.4 Å². The van der Waals surface area contributed by atoms with Crippen molar-refractivity contribution in [3.63, 3.8) is 0 Å². The van der Waals surface area contributed by atoms with Gasteiger partial charge in [0.05, 0.1) is 0 Å². The lowest BCUT2D eigenvalue weighted by Crippen LogP contribution is -2.62. The fourth-order valence-corrected chi connectivity index (χ4v) is 14.1. The highest BCUT2D eigenvalue weighted by molar-refractivity contribution is 7.87. The fraction of sp³-hybridized carbons (Fsp3) is 0.814. The number of nitrogens with one attached hydrogen (secondary N) is 4. The summed E-state index contributed by atoms with van der Waals surface area (Å²) in [6.07, 6.45) is 11.2. The molecule has 4 heterocycles. The molecule has 61 heavy (non-hydrogen) atoms. The van der Waals surface area contributed by atoms with Crippen LogP contribution in [-0.4, -0.2) is 132 Å². The van der Waals surface area contributed by atoms with Crippen LogP contribution in [0.5, 0.6) is 0 Å². The Labute approximate surface area is 359 Å². The summed E-state index contributed by atoms with van der Waals surface area (Å²) in [5, 5.41) is 18.8. The lowest BCUT2D eigenvalue weighted by atomic mass is 9.73. The number of carbonyl (C=O) groups excluding carboxylic acids is 5. The number of hydrogen-bond acceptors (Lipinski definition) is 9. The van der Waals surface area contributed by atoms with Crippen molar-refractivity contribution in [2.24, 2.45) is 34.0 Å². The van der Waals surface area contributed by atoms with Gasteiger partial charge in [-0.3, -0.25) is 28.9 Å². The van der Waals surface area contributed by atoms with E-state index in [0.717, 1.165) is 43.4 Å². The lowest BCUT2D eigenvalue weighted by molar-refractivity contribution is -0.145. The Morgan fingerprint density at radius 2 is 1.43 bits per heavy atom. The first kappa shape index (κ1) is 43.9. The van der Waals surface area contributed by atoms with Crippen molar-refractivity contribution in [2.45, 2.75) is 146 Å². The van der Waals surface area contributed by atoms with E-state index in [0.29, 0.717) is 84.1 Å². The van der Waals surface area contributed by atoms with Crippen LogP contribution < -0.4 is 20.7 Å². The van der Waals surface area contributed by atoms with E-state index in [-0.39, 0.29) is 47.6 Å². The SMILES string of the molecule is C=C[C@@H]1C[C@]1(NC(=O)[C@@H]1C[C@@]2(CN1C(=O)[C@@H](NC(=O)[C@@H](NC(=O)[C@@H]1CCCN1C(=O)O)C1CCCCC1)C1CCOCC1)C(C)(C)C21CCC1)C(=O)NS(=O)(=O)N1CCCC1. The Balaban J connectivity index is 1.07. The van der Waals surface area contributed by atoms with E-state index < -0.39 is 81.5 Å². The number of hydrogen-bond donors (Lipinski definition) is 5. The van der Waals surface area contributed by atoms with Gasteiger partial charge in [-0.2, -0.15) is 12.7 Å². The van der Waals surface area contributed by atoms with Gasteiger partial charge in [0.15, 0.2) is 0 Å². The van der Waals surface area contributed by atoms with Gasteiger partial charge in [0, 0.05) is 50.7 Å². The molecular formula is C43H65N7O10S. The van der Waals surface area contributed by atoms with Gasteiger partial charge in [0.25, 0.3) is 5.91 Å². The Bertz CT molecular complexity index is 1910. The van der Waals surface area contributed by atoms with Gasteiger partial charge in [-0.1, -0.05) is 45.6 Å². The number of amides is 6. The van der Waals surface area contributed by atoms with Crippen LogP contribution >= 0.6 is 0 Å². The van der Waals surface area contributed by atoms with Crippen molar-refractivity contribution < 1.29 is 47.0 Å². The van der Waals surface area contributed by atoms with Gasteiger partial charge in [-0.05, 0) is 99.7 Å². The zero-order chi connectivity index (χ0) is 43.5. The number of nitrogens with zero attached hydrogens (tertiary/aromatic N) is 3. The van der Waals surface area contributed by atoms with Crippen LogP contribution in [0.15, 0.2) is 12.7 Å². The van der Waals surface area contributed by atoms with E-state index in [1.807, 2.05) is 0 Å². The lowest BCUT2D eigenvalue weighted by Gasteiger charge is -2.37. The van der Waals surface area contributed by atoms with Gasteiger partial charge in [0.2, 0.25) is 23.6 Å². The molecular weight excluding hydrogens is 807 g/mol. The van der Waals surface area contributed by atoms with Crippen LogP contribution in [0, 0.1) is 34.0 Å². The first-order valence-electron chi connectivity index (χ1n) is 22.8. The molecule has 7 atom stereocenters. The quantitative estimate of drug-likeness (QED) is 0.170. The molecule has 0 aromatic heterocycles. The summed E-state index contributed by atoms with van der Waals surface area (Å²) in [6.45, 7) is 10.1. The molecule has 8 fully saturated rings. The molecule has 5 N–H and O–H groups in total. The minimum Gasteiger partial charge on any atom is -0.465 e. The maximum atomic E-state index is 15.4. The first-order valence-corrected chi connectivity index (χ1v) is 24.2. The van der Waals surface area contributed by atoms with Gasteiger partial charge < -0.3 is 30.7 Å². The molecule has 17 nitrogen and oxygen atoms in total. The van der Waals surface area contributed by atoms with Crippen molar-refractivity contribution in [3.05, 3.63) is 12.7 Å². The smallest absolute Gasteiger partial charge is 0.407 e. The summed E-state index contributed by atoms with van der Waals surface area (Å²) in [5.41, 5.74) is -2.19. The summed E-state index contributed by atoms with van der Waals surface area (Å²) in [6, 6.07) is -3.97. The van der Waals surface area contributed by atoms with Crippen LogP contribution in [0.25, 0.3) is 0 Å². The maximum absolute atomic E-state index is 15.4. The summed E-state index contributed by atoms with van der Waals surface area (Å²) in [4.78, 5) is 87.3. The topological polar surface area (TPSA) is 224 Å². The van der Waals surface area contributed by atoms with Crippen LogP contribution in [0.3, 0.4) is 0 Å². The Kier molecular flexibility index (Phi) is 11.8. The zero-order valence-electron chi connectivity index (χ0n) is 35.8. The maximum Gasteiger partial charge on any atom is 0.407 e. The average Bonchev–Trinajstić information content (AvgIpc) is 3.64. The summed E-state index contributed by atoms with van der Waals surface area (Å²) < 4.78 is 35.6. The van der Waals surface area contributed by atoms with Crippen LogP contribution in [0.4, 0.5) is 4.79 Å². The molecule has 4 saturated carbocycles. The van der Waals surface area contributed by atoms with Gasteiger partial charge in [-0.15, -0.1) is 6.58 Å². The van der Waals surface area contributed by atoms with Gasteiger partial charge in [-0.25, -0.2) is 9.52 Å². The minimum absolute atomic E-state index is 0.0620. The normalized spacial score (nSPS) is 33.0. The second kappa shape index (κ2) is 16.4. The fourth-order valence-electron chi connectivity index (χ4n) is 12.8. The largest absolute Gasteiger partial charge is 0.465 e. The molecule has 18 heteroatoms. The highest BCUT2D eigenvalue weighted by Crippen LogP contribution is 2.88. The van der Waals surface area contributed by atoms with E-state index in [9.17, 15) is 37.5 Å². The van der Waals surface area contributed by atoms with Gasteiger partial charge in [0.1, 0.15) is 29.7 Å². The molecule has 338 valence electrons. The predicted octanol–water partition coefficient (Wildman–Crippen LogP) is 2.42. The van der Waals surface area contributed by atoms with Crippen molar-refractivity contribution in [1.82, 2.24) is 34.8 Å². The number of likely N-dealkylation sites (tertiary alicyclic amines) is 2. The van der Waals surface area contributed by atoms with Crippen molar-refractivity contribution in [1.29, 1.82) is 0 Å². The number of ether oxygens (including phenoxy) is 1. The third kappa shape index (κ3) is 7.43. The van der Waals surface area contributed by atoms with E-state index in [1.165, 1.54) is 4.31 Å². The second-order valence-electron chi connectivity index (χ2n) is 19.8. The zero-order valence-corrected chi connectivity index (χ0v) is 36.6. The molecule has 4 saturated heterocycles. The van der Waals surface area contributed by atoms with Crippen molar-refractivity contribution in [3.8, 4) is 0 Å². The molecule has 0 bridgehead atoms. The Hall–Kier alpha value is -3.77. The van der Waals surface area contributed by atoms with E-state index >= 15 is 4.79 Å². The molecule has 8 rings (SSSR count). The highest BCUT2D eigenvalue weighted by Gasteiger charge is 2.85. The average molecular weight is 872 g/mol. The molecule has 0 radical (unpaired) electrons. The Morgan fingerprint density at radius 3 is 2.02 bits per heavy atom. The van der Waals surface area contributed by atoms with Gasteiger partial charge >= 0.3 is 16.3 Å². The number of carboxylic acid groups (broad SMARTS) is 1. The third-order valence-corrected chi connectivity index (χ3v) is 18.4. The van der Waals surface area contributed by atoms with Crippen molar-refractivity contribution >= 4 is 45.8 Å². The second-order valence-corrected chi connectivity index (χ2v) is 21.5. The number of fused-ring (bicyclic) bond motifs is 1. The molecule has 0 aromatic rings. The molecule has 8 aliphatic rings. The number of carbonyl (C=O) groups is 6. The van der Waals surface area contributed by atoms with Crippen LogP contribution in [0.1, 0.15) is 117 Å². The molecule has 0 aromatic carbocycles. The molecule has 6 amide bonds. The summed E-state index contributed by atoms with van der Waals surface area (Å²) in [7, 11) is -4.14. The first-order chi connectivity index (χ1) is 29.0. The predicted molar refractivity (Wildman–Crippen MR) is 221 cm³/mol. The molecule has 2 spiro atoms. The molecule has 4 aliphatic heterocycles. The van der Waals surface area contributed by atoms with Crippen LogP contribution in [-0.2, 0) is 38.9 Å². The minimum atomic E-state index is -4.14. The summed E-state index contributed by atoms with van der Waals surface area (Å²) in [5.74, 6) is -3.91. The monoisotopic (exact) mass is 871 g/mol. The van der Waals surface area contributed by atoms with E-state index in [2.05, 4.69) is 41.1 Å². The number of rotatable bonds is 13. The van der Waals surface area contributed by atoms with Crippen LogP contribution in [0.2, 0.25) is 0 Å². The van der Waals surface area contributed by atoms with E-state index in [4.69, 9.17) is 4.74 Å². The van der Waals surface area contributed by atoms with E-state index in [1.54, 1.807) is 11.0 Å². The summed E-state index contributed by atoms with van der Waals surface area (Å²) >= 11 is 0. The highest BCUT2D eigenvalue weighted by atomic mass is 32.2. The Morgan fingerprint density at radius 1 is 0.754 bits per heavy atom. The standard InChI is InChI=1S/C43H65N7O10S/c1-4-29-24-43(29,38(55)47-61(58,59)48-19-8-9-20-48)46-35(52)31-25-42(40(2,3)41(42)17-11-18-41)26-50(31)37(54)33(28-15-22-60-23-16-28)45-36(53)32(27-12-6-5-7-13-27)44-34(51)30-14-10-21-49(30)39(56)57/h4,27-33H,1,5-26H2,2-3H3,(H,44,51)(H,45,53)(H,46,52)(H,47,55)(H,56,57)/t29-,30+,31+,32+,33+,42-,43-/m1/s1. The molecule has 4 aliphatic carbocycles.